The summed E-state index contributed by atoms with van der Waals surface area (Å²) in [6, 6.07) is 11.7. The van der Waals surface area contributed by atoms with E-state index in [0.29, 0.717) is 23.5 Å². The molecule has 3 N–H and O–H groups in total. The number of carbonyl (C=O) groups is 2. The van der Waals surface area contributed by atoms with E-state index in [9.17, 15) is 19.8 Å². The first kappa shape index (κ1) is 23.1. The first-order chi connectivity index (χ1) is 15.5. The van der Waals surface area contributed by atoms with E-state index in [1.54, 1.807) is 42.5 Å². The Morgan fingerprint density at radius 2 is 1.75 bits per heavy atom. The summed E-state index contributed by atoms with van der Waals surface area (Å²) in [6.45, 7) is 4.05. The number of nitrogens with zero attached hydrogens (tertiary/aromatic N) is 1. The fourth-order valence-corrected chi connectivity index (χ4v) is 3.46. The number of Topliss-reactive ketones (excluding diaryl/α,β-unsaturated/α-hetero) is 1. The lowest BCUT2D eigenvalue weighted by atomic mass is 9.95. The zero-order valence-electron chi connectivity index (χ0n) is 17.4. The van der Waals surface area contributed by atoms with Gasteiger partial charge in [-0.1, -0.05) is 24.8 Å². The molecule has 32 heavy (non-hydrogen) atoms. The lowest BCUT2D eigenvalue weighted by Crippen LogP contribution is -2.33. The van der Waals surface area contributed by atoms with Crippen molar-refractivity contribution in [3.8, 4) is 11.5 Å². The van der Waals surface area contributed by atoms with E-state index in [-0.39, 0.29) is 43.4 Å². The van der Waals surface area contributed by atoms with E-state index in [2.05, 4.69) is 6.58 Å². The summed E-state index contributed by atoms with van der Waals surface area (Å²) < 4.78 is 10.7. The molecule has 1 fully saturated rings. The summed E-state index contributed by atoms with van der Waals surface area (Å²) in [6.07, 6.45) is 1.61. The second kappa shape index (κ2) is 10.6. The lowest BCUT2D eigenvalue weighted by Gasteiger charge is -2.25. The highest BCUT2D eigenvalue weighted by atomic mass is 16.5. The van der Waals surface area contributed by atoms with Gasteiger partial charge in [0, 0.05) is 12.1 Å². The van der Waals surface area contributed by atoms with Crippen molar-refractivity contribution in [2.75, 3.05) is 33.0 Å². The average molecular weight is 439 g/mol. The van der Waals surface area contributed by atoms with Gasteiger partial charge < -0.3 is 29.7 Å². The van der Waals surface area contributed by atoms with Crippen molar-refractivity contribution in [1.29, 1.82) is 0 Å². The Bertz CT molecular complexity index is 996. The number of phenols is 1. The second-order valence-electron chi connectivity index (χ2n) is 7.04. The first-order valence-corrected chi connectivity index (χ1v) is 10.1. The van der Waals surface area contributed by atoms with Crippen LogP contribution in [-0.4, -0.2) is 64.9 Å². The molecule has 1 aliphatic heterocycles. The van der Waals surface area contributed by atoms with Crippen LogP contribution < -0.4 is 4.74 Å². The van der Waals surface area contributed by atoms with Crippen molar-refractivity contribution in [3.63, 3.8) is 0 Å². The predicted molar refractivity (Wildman–Crippen MR) is 117 cm³/mol. The van der Waals surface area contributed by atoms with E-state index < -0.39 is 17.7 Å². The molecule has 0 radical (unpaired) electrons. The van der Waals surface area contributed by atoms with Gasteiger partial charge in [-0.3, -0.25) is 9.59 Å². The Morgan fingerprint density at radius 1 is 1.06 bits per heavy atom. The number of ether oxygens (including phenoxy) is 2. The smallest absolute Gasteiger partial charge is 0.295 e. The largest absolute Gasteiger partial charge is 0.508 e. The van der Waals surface area contributed by atoms with Crippen LogP contribution in [0.15, 0.2) is 66.8 Å². The molecule has 2 aromatic carbocycles. The Hall–Kier alpha value is -3.62. The summed E-state index contributed by atoms with van der Waals surface area (Å²) in [5, 5.41) is 29.5. The normalized spacial score (nSPS) is 17.5. The second-order valence-corrected chi connectivity index (χ2v) is 7.04. The molecule has 1 heterocycles. The Balaban J connectivity index is 2.00. The van der Waals surface area contributed by atoms with Crippen LogP contribution in [0.3, 0.4) is 0 Å². The van der Waals surface area contributed by atoms with Crippen molar-refractivity contribution in [2.24, 2.45) is 0 Å². The molecule has 1 unspecified atom stereocenters. The van der Waals surface area contributed by atoms with Gasteiger partial charge in [-0.05, 0) is 42.0 Å². The summed E-state index contributed by atoms with van der Waals surface area (Å²) in [5.74, 6) is -1.28. The van der Waals surface area contributed by atoms with Gasteiger partial charge in [0.25, 0.3) is 11.7 Å². The summed E-state index contributed by atoms with van der Waals surface area (Å²) in [4.78, 5) is 27.0. The third-order valence-electron chi connectivity index (χ3n) is 4.96. The maximum Gasteiger partial charge on any atom is 0.295 e. The number of aromatic hydroxyl groups is 1. The molecule has 1 aliphatic rings. The number of hydrogen-bond acceptors (Lipinski definition) is 7. The molecule has 8 nitrogen and oxygen atoms in total. The molecule has 1 atom stereocenters. The first-order valence-electron chi connectivity index (χ1n) is 10.1. The fourth-order valence-electron chi connectivity index (χ4n) is 3.46. The number of benzene rings is 2. The number of likely N-dealkylation sites (tertiary alicyclic amines) is 1. The maximum absolute atomic E-state index is 12.9. The number of phenolic OH excluding ortho intramolecular Hbond substituents is 1. The maximum atomic E-state index is 12.9. The number of amides is 1. The number of aliphatic hydroxyl groups excluding tert-OH is 2. The number of hydrogen-bond donors (Lipinski definition) is 3. The van der Waals surface area contributed by atoms with E-state index in [1.165, 1.54) is 17.0 Å². The molecular formula is C24H25NO7. The molecule has 8 heteroatoms. The number of carbonyl (C=O) groups excluding carboxylic acids is 2. The molecule has 168 valence electrons. The highest BCUT2D eigenvalue weighted by molar-refractivity contribution is 6.46. The van der Waals surface area contributed by atoms with Crippen LogP contribution >= 0.6 is 0 Å². The third-order valence-corrected chi connectivity index (χ3v) is 4.96. The van der Waals surface area contributed by atoms with Gasteiger partial charge in [-0.25, -0.2) is 0 Å². The summed E-state index contributed by atoms with van der Waals surface area (Å²) in [5.41, 5.74) is 0.855. The van der Waals surface area contributed by atoms with Crippen LogP contribution in [0.5, 0.6) is 11.5 Å². The van der Waals surface area contributed by atoms with Gasteiger partial charge in [-0.2, -0.15) is 0 Å². The van der Waals surface area contributed by atoms with Crippen molar-refractivity contribution in [3.05, 3.63) is 77.9 Å². The van der Waals surface area contributed by atoms with Crippen LogP contribution in [0.2, 0.25) is 0 Å². The Kier molecular flexibility index (Phi) is 7.64. The van der Waals surface area contributed by atoms with Crippen molar-refractivity contribution in [2.45, 2.75) is 6.04 Å². The molecule has 2 aromatic rings. The molecule has 0 aliphatic carbocycles. The summed E-state index contributed by atoms with van der Waals surface area (Å²) in [7, 11) is 0. The van der Waals surface area contributed by atoms with Crippen LogP contribution in [0.1, 0.15) is 17.2 Å². The third kappa shape index (κ3) is 4.99. The van der Waals surface area contributed by atoms with Gasteiger partial charge in [0.2, 0.25) is 0 Å². The SMILES string of the molecule is C=CCOc1ccc(/C(O)=C2\C(=O)C(=O)N(CCOCCO)C2c2ccc(O)cc2)cc1. The topological polar surface area (TPSA) is 117 Å². The van der Waals surface area contributed by atoms with Crippen molar-refractivity contribution < 1.29 is 34.4 Å². The molecule has 0 aromatic heterocycles. The van der Waals surface area contributed by atoms with Crippen molar-refractivity contribution in [1.82, 2.24) is 4.90 Å². The highest BCUT2D eigenvalue weighted by Crippen LogP contribution is 2.39. The standard InChI is InChI=1S/C24H25NO7/c1-2-13-32-19-9-5-17(6-10-19)22(28)20-21(16-3-7-18(27)8-4-16)25(24(30)23(20)29)11-14-31-15-12-26/h2-10,21,26-28H,1,11-15H2/b22-20+. The monoisotopic (exact) mass is 439 g/mol. The van der Waals surface area contributed by atoms with Crippen LogP contribution in [0.4, 0.5) is 0 Å². The average Bonchev–Trinajstić information content (AvgIpc) is 3.06. The zero-order chi connectivity index (χ0) is 23.1. The quantitative estimate of drug-likeness (QED) is 0.171. The minimum atomic E-state index is -0.856. The van der Waals surface area contributed by atoms with Crippen LogP contribution in [0, 0.1) is 0 Å². The van der Waals surface area contributed by atoms with E-state index in [4.69, 9.17) is 14.6 Å². The van der Waals surface area contributed by atoms with Gasteiger partial charge in [0.05, 0.1) is 31.4 Å². The highest BCUT2D eigenvalue weighted by Gasteiger charge is 2.45. The number of rotatable bonds is 10. The fraction of sp³-hybridized carbons (Fsp3) is 0.250. The minimum Gasteiger partial charge on any atom is -0.508 e. The van der Waals surface area contributed by atoms with Gasteiger partial charge >= 0.3 is 0 Å². The molecule has 1 saturated heterocycles. The molecular weight excluding hydrogens is 414 g/mol. The van der Waals surface area contributed by atoms with E-state index in [1.807, 2.05) is 0 Å². The van der Waals surface area contributed by atoms with Crippen LogP contribution in [-0.2, 0) is 14.3 Å². The Morgan fingerprint density at radius 3 is 2.38 bits per heavy atom. The lowest BCUT2D eigenvalue weighted by molar-refractivity contribution is -0.140. The molecule has 0 bridgehead atoms. The number of ketones is 1. The summed E-state index contributed by atoms with van der Waals surface area (Å²) >= 11 is 0. The van der Waals surface area contributed by atoms with Gasteiger partial charge in [0.15, 0.2) is 0 Å². The minimum absolute atomic E-state index is 0.0343. The predicted octanol–water partition coefficient (Wildman–Crippen LogP) is 2.39. The van der Waals surface area contributed by atoms with E-state index >= 15 is 0 Å². The molecule has 0 saturated carbocycles. The Labute approximate surface area is 185 Å². The van der Waals surface area contributed by atoms with Crippen molar-refractivity contribution >= 4 is 17.4 Å². The van der Waals surface area contributed by atoms with E-state index in [0.717, 1.165) is 0 Å². The molecule has 1 amide bonds. The van der Waals surface area contributed by atoms with Gasteiger partial charge in [0.1, 0.15) is 23.9 Å². The number of aliphatic hydroxyl groups is 2. The molecule has 0 spiro atoms. The zero-order valence-corrected chi connectivity index (χ0v) is 17.4. The van der Waals surface area contributed by atoms with Gasteiger partial charge in [-0.15, -0.1) is 0 Å². The molecule has 3 rings (SSSR count). The van der Waals surface area contributed by atoms with Crippen LogP contribution in [0.25, 0.3) is 5.76 Å².